The SMILES string of the molecule is O=Cc1cnc(N2CCN(c3ncccn3)CC2)nc1. The quantitative estimate of drug-likeness (QED) is 0.747. The van der Waals surface area contributed by atoms with Crippen LogP contribution in [-0.2, 0) is 0 Å². The van der Waals surface area contributed by atoms with Gasteiger partial charge in [-0.15, -0.1) is 0 Å². The van der Waals surface area contributed by atoms with Gasteiger partial charge in [0.05, 0.1) is 5.56 Å². The van der Waals surface area contributed by atoms with Gasteiger partial charge in [0.15, 0.2) is 6.29 Å². The van der Waals surface area contributed by atoms with Crippen LogP contribution in [0.4, 0.5) is 11.9 Å². The number of hydrogen-bond donors (Lipinski definition) is 0. The minimum absolute atomic E-state index is 0.491. The molecular formula is C13H14N6O. The Balaban J connectivity index is 1.64. The lowest BCUT2D eigenvalue weighted by Gasteiger charge is -2.34. The Bertz CT molecular complexity index is 565. The van der Waals surface area contributed by atoms with E-state index in [0.717, 1.165) is 38.4 Å². The first-order valence-electron chi connectivity index (χ1n) is 6.41. The van der Waals surface area contributed by atoms with Crippen LogP contribution in [0.5, 0.6) is 0 Å². The summed E-state index contributed by atoms with van der Waals surface area (Å²) in [7, 11) is 0. The molecule has 0 aromatic carbocycles. The number of anilines is 2. The van der Waals surface area contributed by atoms with E-state index in [4.69, 9.17) is 0 Å². The summed E-state index contributed by atoms with van der Waals surface area (Å²) in [6.45, 7) is 3.25. The first kappa shape index (κ1) is 12.5. The van der Waals surface area contributed by atoms with Crippen LogP contribution in [0, 0.1) is 0 Å². The van der Waals surface area contributed by atoms with E-state index in [9.17, 15) is 4.79 Å². The average molecular weight is 270 g/mol. The van der Waals surface area contributed by atoms with Crippen molar-refractivity contribution >= 4 is 18.2 Å². The van der Waals surface area contributed by atoms with Crippen LogP contribution in [0.2, 0.25) is 0 Å². The van der Waals surface area contributed by atoms with E-state index in [1.54, 1.807) is 24.8 Å². The van der Waals surface area contributed by atoms with Crippen molar-refractivity contribution < 1.29 is 4.79 Å². The fourth-order valence-electron chi connectivity index (χ4n) is 2.12. The van der Waals surface area contributed by atoms with Crippen LogP contribution in [0.15, 0.2) is 30.9 Å². The summed E-state index contributed by atoms with van der Waals surface area (Å²) in [5.41, 5.74) is 0.491. The van der Waals surface area contributed by atoms with Gasteiger partial charge in [0.25, 0.3) is 0 Å². The monoisotopic (exact) mass is 270 g/mol. The van der Waals surface area contributed by atoms with Gasteiger partial charge in [-0.1, -0.05) is 0 Å². The Morgan fingerprint density at radius 2 is 1.35 bits per heavy atom. The molecule has 7 heteroatoms. The fraction of sp³-hybridized carbons (Fsp3) is 0.308. The van der Waals surface area contributed by atoms with Crippen LogP contribution in [-0.4, -0.2) is 52.4 Å². The molecule has 3 heterocycles. The van der Waals surface area contributed by atoms with E-state index >= 15 is 0 Å². The third kappa shape index (κ3) is 2.56. The summed E-state index contributed by atoms with van der Waals surface area (Å²) in [5.74, 6) is 1.41. The zero-order valence-corrected chi connectivity index (χ0v) is 10.9. The number of carbonyl (C=O) groups excluding carboxylic acids is 1. The van der Waals surface area contributed by atoms with Gasteiger partial charge in [-0.05, 0) is 6.07 Å². The van der Waals surface area contributed by atoms with E-state index in [2.05, 4.69) is 29.7 Å². The molecule has 1 saturated heterocycles. The Labute approximate surface area is 116 Å². The molecule has 0 aliphatic carbocycles. The molecule has 1 aliphatic rings. The van der Waals surface area contributed by atoms with E-state index < -0.39 is 0 Å². The summed E-state index contributed by atoms with van der Waals surface area (Å²) in [6.07, 6.45) is 7.32. The van der Waals surface area contributed by atoms with E-state index in [0.29, 0.717) is 11.5 Å². The van der Waals surface area contributed by atoms with Gasteiger partial charge in [-0.2, -0.15) is 0 Å². The van der Waals surface area contributed by atoms with Crippen LogP contribution in [0.3, 0.4) is 0 Å². The first-order valence-corrected chi connectivity index (χ1v) is 6.41. The predicted molar refractivity (Wildman–Crippen MR) is 73.9 cm³/mol. The molecule has 1 aliphatic heterocycles. The predicted octanol–water partition coefficient (Wildman–Crippen LogP) is 0.406. The van der Waals surface area contributed by atoms with Crippen molar-refractivity contribution in [3.05, 3.63) is 36.4 Å². The maximum absolute atomic E-state index is 10.6. The molecule has 2 aromatic heterocycles. The molecule has 7 nitrogen and oxygen atoms in total. The van der Waals surface area contributed by atoms with E-state index in [1.165, 1.54) is 0 Å². The molecule has 0 atom stereocenters. The maximum Gasteiger partial charge on any atom is 0.225 e. The molecule has 0 N–H and O–H groups in total. The zero-order valence-electron chi connectivity index (χ0n) is 10.9. The number of aromatic nitrogens is 4. The molecule has 0 saturated carbocycles. The highest BCUT2D eigenvalue weighted by atomic mass is 16.1. The molecule has 0 unspecified atom stereocenters. The highest BCUT2D eigenvalue weighted by Crippen LogP contribution is 2.13. The number of carbonyl (C=O) groups is 1. The number of rotatable bonds is 3. The molecular weight excluding hydrogens is 256 g/mol. The lowest BCUT2D eigenvalue weighted by Crippen LogP contribution is -2.47. The standard InChI is InChI=1S/C13H14N6O/c20-10-11-8-16-13(17-9-11)19-6-4-18(5-7-19)12-14-2-1-3-15-12/h1-3,8-10H,4-7H2. The van der Waals surface area contributed by atoms with Gasteiger partial charge in [-0.25, -0.2) is 19.9 Å². The van der Waals surface area contributed by atoms with Gasteiger partial charge in [0.2, 0.25) is 11.9 Å². The second-order valence-corrected chi connectivity index (χ2v) is 4.46. The molecule has 0 amide bonds. The van der Waals surface area contributed by atoms with E-state index in [1.807, 2.05) is 6.07 Å². The lowest BCUT2D eigenvalue weighted by molar-refractivity contribution is 0.112. The normalized spacial score (nSPS) is 15.2. The van der Waals surface area contributed by atoms with Crippen molar-refractivity contribution in [1.82, 2.24) is 19.9 Å². The third-order valence-electron chi connectivity index (χ3n) is 3.19. The van der Waals surface area contributed by atoms with Gasteiger partial charge in [-0.3, -0.25) is 4.79 Å². The minimum atomic E-state index is 0.491. The molecule has 0 spiro atoms. The largest absolute Gasteiger partial charge is 0.337 e. The summed E-state index contributed by atoms with van der Waals surface area (Å²) in [5, 5.41) is 0. The van der Waals surface area contributed by atoms with Crippen LogP contribution in [0.1, 0.15) is 10.4 Å². The molecule has 102 valence electrons. The van der Waals surface area contributed by atoms with Crippen LogP contribution in [0.25, 0.3) is 0 Å². The van der Waals surface area contributed by atoms with Gasteiger partial charge < -0.3 is 9.80 Å². The second-order valence-electron chi connectivity index (χ2n) is 4.46. The van der Waals surface area contributed by atoms with Crippen molar-refractivity contribution in [2.24, 2.45) is 0 Å². The third-order valence-corrected chi connectivity index (χ3v) is 3.19. The topological polar surface area (TPSA) is 75.1 Å². The molecule has 20 heavy (non-hydrogen) atoms. The highest BCUT2D eigenvalue weighted by Gasteiger charge is 2.20. The molecule has 2 aromatic rings. The highest BCUT2D eigenvalue weighted by molar-refractivity contribution is 5.73. The molecule has 1 fully saturated rings. The average Bonchev–Trinajstić information content (AvgIpc) is 2.56. The summed E-state index contributed by atoms with van der Waals surface area (Å²) >= 11 is 0. The number of aldehydes is 1. The van der Waals surface area contributed by atoms with Crippen molar-refractivity contribution in [1.29, 1.82) is 0 Å². The number of hydrogen-bond acceptors (Lipinski definition) is 7. The summed E-state index contributed by atoms with van der Waals surface area (Å²) in [6, 6.07) is 1.81. The smallest absolute Gasteiger partial charge is 0.225 e. The second kappa shape index (κ2) is 5.60. The molecule has 0 bridgehead atoms. The minimum Gasteiger partial charge on any atom is -0.337 e. The van der Waals surface area contributed by atoms with Crippen LogP contribution >= 0.6 is 0 Å². The molecule has 0 radical (unpaired) electrons. The number of piperazine rings is 1. The van der Waals surface area contributed by atoms with E-state index in [-0.39, 0.29) is 0 Å². The van der Waals surface area contributed by atoms with Crippen molar-refractivity contribution in [2.75, 3.05) is 36.0 Å². The fourth-order valence-corrected chi connectivity index (χ4v) is 2.12. The first-order chi connectivity index (χ1) is 9.86. The summed E-state index contributed by atoms with van der Waals surface area (Å²) < 4.78 is 0. The zero-order chi connectivity index (χ0) is 13.8. The van der Waals surface area contributed by atoms with Crippen LogP contribution < -0.4 is 9.80 Å². The van der Waals surface area contributed by atoms with Crippen molar-refractivity contribution in [3.8, 4) is 0 Å². The van der Waals surface area contributed by atoms with Gasteiger partial charge in [0, 0.05) is 51.0 Å². The van der Waals surface area contributed by atoms with Crippen molar-refractivity contribution in [2.45, 2.75) is 0 Å². The van der Waals surface area contributed by atoms with Gasteiger partial charge >= 0.3 is 0 Å². The Hall–Kier alpha value is -2.57. The van der Waals surface area contributed by atoms with Crippen molar-refractivity contribution in [3.63, 3.8) is 0 Å². The number of nitrogens with zero attached hydrogens (tertiary/aromatic N) is 6. The Morgan fingerprint density at radius 1 is 0.850 bits per heavy atom. The maximum atomic E-state index is 10.6. The molecule has 3 rings (SSSR count). The lowest BCUT2D eigenvalue weighted by atomic mass is 10.3. The Kier molecular flexibility index (Phi) is 3.49. The summed E-state index contributed by atoms with van der Waals surface area (Å²) in [4.78, 5) is 31.7. The van der Waals surface area contributed by atoms with Gasteiger partial charge in [0.1, 0.15) is 0 Å². The Morgan fingerprint density at radius 3 is 1.85 bits per heavy atom.